The number of fused-ring (bicyclic) bond motifs is 4. The average molecular weight is 625 g/mol. The predicted molar refractivity (Wildman–Crippen MR) is 167 cm³/mol. The summed E-state index contributed by atoms with van der Waals surface area (Å²) >= 11 is 0. The van der Waals surface area contributed by atoms with Crippen LogP contribution in [0, 0.1) is 6.92 Å². The SMILES string of the molecule is COc1cc(C=O)cc2c1O[C@@H]1[C@@H](O)[C@H](N(Cc3ccc(C)cc3)C(=O)c3cc4ccccc4oc3=O)C=C(C(=O)NCCO)[C@H]21. The van der Waals surface area contributed by atoms with Crippen LogP contribution in [0.15, 0.2) is 87.6 Å². The van der Waals surface area contributed by atoms with Gasteiger partial charge in [-0.05, 0) is 42.8 Å². The molecule has 0 fully saturated rings. The number of carbonyl (C=O) groups excluding carboxylic acids is 3. The van der Waals surface area contributed by atoms with Crippen LogP contribution in [0.25, 0.3) is 11.0 Å². The van der Waals surface area contributed by atoms with E-state index in [0.29, 0.717) is 28.4 Å². The molecule has 236 valence electrons. The summed E-state index contributed by atoms with van der Waals surface area (Å²) < 4.78 is 17.2. The second-order valence-electron chi connectivity index (χ2n) is 11.3. The van der Waals surface area contributed by atoms with E-state index in [0.717, 1.165) is 5.56 Å². The summed E-state index contributed by atoms with van der Waals surface area (Å²) in [6.45, 7) is 1.54. The molecule has 0 unspecified atom stereocenters. The quantitative estimate of drug-likeness (QED) is 0.188. The molecule has 4 atom stereocenters. The zero-order chi connectivity index (χ0) is 32.5. The molecule has 0 saturated heterocycles. The van der Waals surface area contributed by atoms with Crippen molar-refractivity contribution < 1.29 is 38.5 Å². The van der Waals surface area contributed by atoms with Crippen molar-refractivity contribution in [3.63, 3.8) is 0 Å². The first-order valence-corrected chi connectivity index (χ1v) is 14.8. The van der Waals surface area contributed by atoms with Gasteiger partial charge in [-0.3, -0.25) is 14.4 Å². The Balaban J connectivity index is 1.50. The molecule has 2 amide bonds. The summed E-state index contributed by atoms with van der Waals surface area (Å²) in [5.41, 5.74) is 1.84. The minimum atomic E-state index is -1.39. The largest absolute Gasteiger partial charge is 0.493 e. The molecule has 11 nitrogen and oxygen atoms in total. The van der Waals surface area contributed by atoms with Crippen LogP contribution in [-0.4, -0.2) is 71.7 Å². The third-order valence-electron chi connectivity index (χ3n) is 8.38. The maximum absolute atomic E-state index is 14.4. The molecule has 1 aliphatic heterocycles. The first kappa shape index (κ1) is 30.8. The van der Waals surface area contributed by atoms with Crippen molar-refractivity contribution in [1.82, 2.24) is 10.2 Å². The van der Waals surface area contributed by atoms with Crippen LogP contribution in [0.5, 0.6) is 11.5 Å². The molecule has 1 aromatic heterocycles. The van der Waals surface area contributed by atoms with Gasteiger partial charge in [0.1, 0.15) is 29.6 Å². The van der Waals surface area contributed by atoms with Crippen molar-refractivity contribution in [1.29, 1.82) is 0 Å². The Kier molecular flexibility index (Phi) is 8.44. The molecule has 0 spiro atoms. The fraction of sp³-hybridized carbons (Fsp3) is 0.257. The number of benzene rings is 3. The Morgan fingerprint density at radius 1 is 1.09 bits per heavy atom. The highest BCUT2D eigenvalue weighted by atomic mass is 16.5. The fourth-order valence-corrected chi connectivity index (χ4v) is 6.13. The number of hydrogen-bond acceptors (Lipinski definition) is 9. The number of methoxy groups -OCH3 is 1. The van der Waals surface area contributed by atoms with E-state index in [1.165, 1.54) is 30.2 Å². The molecular formula is C35H32N2O9. The highest BCUT2D eigenvalue weighted by Crippen LogP contribution is 2.51. The molecule has 0 saturated carbocycles. The van der Waals surface area contributed by atoms with Gasteiger partial charge >= 0.3 is 5.63 Å². The number of para-hydroxylation sites is 1. The number of carbonyl (C=O) groups is 3. The van der Waals surface area contributed by atoms with Crippen LogP contribution in [0.2, 0.25) is 0 Å². The van der Waals surface area contributed by atoms with Gasteiger partial charge in [0.2, 0.25) is 5.91 Å². The lowest BCUT2D eigenvalue weighted by atomic mass is 9.77. The van der Waals surface area contributed by atoms with Crippen molar-refractivity contribution in [2.24, 2.45) is 0 Å². The Morgan fingerprint density at radius 2 is 1.85 bits per heavy atom. The molecule has 46 heavy (non-hydrogen) atoms. The molecular weight excluding hydrogens is 592 g/mol. The van der Waals surface area contributed by atoms with Crippen molar-refractivity contribution in [3.05, 3.63) is 117 Å². The number of hydrogen-bond donors (Lipinski definition) is 3. The zero-order valence-electron chi connectivity index (χ0n) is 25.1. The fourth-order valence-electron chi connectivity index (χ4n) is 6.13. The molecule has 3 N–H and O–H groups in total. The lowest BCUT2D eigenvalue weighted by molar-refractivity contribution is -0.118. The maximum atomic E-state index is 14.4. The van der Waals surface area contributed by atoms with E-state index in [1.807, 2.05) is 31.2 Å². The molecule has 4 aromatic rings. The lowest BCUT2D eigenvalue weighted by Crippen LogP contribution is -2.55. The Bertz CT molecular complexity index is 1910. The van der Waals surface area contributed by atoms with Gasteiger partial charge in [-0.1, -0.05) is 48.0 Å². The number of nitrogens with one attached hydrogen (secondary N) is 1. The number of ether oxygens (including phenoxy) is 2. The number of aliphatic hydroxyl groups excluding tert-OH is 2. The van der Waals surface area contributed by atoms with Gasteiger partial charge in [0.15, 0.2) is 11.5 Å². The van der Waals surface area contributed by atoms with Crippen LogP contribution < -0.4 is 20.4 Å². The van der Waals surface area contributed by atoms with Crippen molar-refractivity contribution >= 4 is 29.1 Å². The summed E-state index contributed by atoms with van der Waals surface area (Å²) in [5.74, 6) is -1.61. The Morgan fingerprint density at radius 3 is 2.57 bits per heavy atom. The monoisotopic (exact) mass is 624 g/mol. The third-order valence-corrected chi connectivity index (χ3v) is 8.38. The summed E-state index contributed by atoms with van der Waals surface area (Å²) in [6, 6.07) is 17.6. The van der Waals surface area contributed by atoms with Crippen LogP contribution in [0.3, 0.4) is 0 Å². The standard InChI is InChI=1S/C35H32N2O9/c1-19-7-9-20(10-8-19)17-37(34(42)25-15-22-5-3-4-6-27(22)45-35(25)43)26-16-24(33(41)36-11-12-38)29-23-13-21(18-39)14-28(44-2)31(23)46-32(29)30(26)40/h3-10,13-16,18,26,29-30,32,38,40H,11-12,17H2,1-2H3,(H,36,41)/t26-,29+,30+,32+/m1/s1. The Hall–Kier alpha value is -5.26. The summed E-state index contributed by atoms with van der Waals surface area (Å²) in [4.78, 5) is 54.2. The summed E-state index contributed by atoms with van der Waals surface area (Å²) in [6.07, 6.45) is -0.328. The summed E-state index contributed by atoms with van der Waals surface area (Å²) in [7, 11) is 1.41. The number of aryl methyl sites for hydroxylation is 1. The number of amides is 2. The van der Waals surface area contributed by atoms with E-state index in [2.05, 4.69) is 5.32 Å². The average Bonchev–Trinajstić information content (AvgIpc) is 3.46. The van der Waals surface area contributed by atoms with Crippen molar-refractivity contribution in [2.45, 2.75) is 37.6 Å². The van der Waals surface area contributed by atoms with E-state index in [4.69, 9.17) is 13.9 Å². The maximum Gasteiger partial charge on any atom is 0.349 e. The van der Waals surface area contributed by atoms with Gasteiger partial charge in [-0.25, -0.2) is 4.79 Å². The summed E-state index contributed by atoms with van der Waals surface area (Å²) in [5, 5.41) is 24.6. The molecule has 1 aliphatic carbocycles. The molecule has 11 heteroatoms. The smallest absolute Gasteiger partial charge is 0.349 e. The van der Waals surface area contributed by atoms with Crippen LogP contribution in [-0.2, 0) is 11.3 Å². The van der Waals surface area contributed by atoms with Gasteiger partial charge in [-0.15, -0.1) is 0 Å². The minimum Gasteiger partial charge on any atom is -0.493 e. The number of aldehydes is 1. The second-order valence-corrected chi connectivity index (χ2v) is 11.3. The van der Waals surface area contributed by atoms with E-state index < -0.39 is 41.6 Å². The second kappa shape index (κ2) is 12.6. The van der Waals surface area contributed by atoms with Gasteiger partial charge in [0.25, 0.3) is 5.91 Å². The predicted octanol–water partition coefficient (Wildman–Crippen LogP) is 2.89. The van der Waals surface area contributed by atoms with Crippen molar-refractivity contribution in [3.8, 4) is 11.5 Å². The van der Waals surface area contributed by atoms with Crippen LogP contribution in [0.4, 0.5) is 0 Å². The topological polar surface area (TPSA) is 156 Å². The zero-order valence-corrected chi connectivity index (χ0v) is 25.1. The minimum absolute atomic E-state index is 0.0297. The van der Waals surface area contributed by atoms with E-state index in [9.17, 15) is 29.4 Å². The highest BCUT2D eigenvalue weighted by molar-refractivity contribution is 5.99. The molecule has 2 heterocycles. The van der Waals surface area contributed by atoms with Gasteiger partial charge in [0, 0.05) is 35.2 Å². The lowest BCUT2D eigenvalue weighted by Gasteiger charge is -2.40. The molecule has 3 aromatic carbocycles. The van der Waals surface area contributed by atoms with Crippen LogP contribution in [0.1, 0.15) is 43.3 Å². The van der Waals surface area contributed by atoms with E-state index in [1.54, 1.807) is 30.3 Å². The molecule has 6 rings (SSSR count). The third kappa shape index (κ3) is 5.55. The number of rotatable bonds is 9. The number of nitrogens with zero attached hydrogens (tertiary/aromatic N) is 1. The first-order chi connectivity index (χ1) is 22.2. The molecule has 0 bridgehead atoms. The highest BCUT2D eigenvalue weighted by Gasteiger charge is 2.51. The number of aliphatic hydroxyl groups is 2. The van der Waals surface area contributed by atoms with Gasteiger partial charge < -0.3 is 34.3 Å². The molecule has 2 aliphatic rings. The van der Waals surface area contributed by atoms with E-state index in [-0.39, 0.29) is 47.9 Å². The van der Waals surface area contributed by atoms with Gasteiger partial charge in [0.05, 0.1) is 25.7 Å². The van der Waals surface area contributed by atoms with E-state index >= 15 is 0 Å². The van der Waals surface area contributed by atoms with Crippen LogP contribution >= 0.6 is 0 Å². The van der Waals surface area contributed by atoms with Gasteiger partial charge in [-0.2, -0.15) is 0 Å². The Labute approximate surface area is 263 Å². The normalized spacial score (nSPS) is 19.8. The molecule has 0 radical (unpaired) electrons. The van der Waals surface area contributed by atoms with Crippen molar-refractivity contribution in [2.75, 3.05) is 20.3 Å². The first-order valence-electron chi connectivity index (χ1n) is 14.8.